The van der Waals surface area contributed by atoms with Crippen LogP contribution in [0.1, 0.15) is 56.3 Å². The summed E-state index contributed by atoms with van der Waals surface area (Å²) in [5, 5.41) is 42.5. The summed E-state index contributed by atoms with van der Waals surface area (Å²) < 4.78 is 6.61. The summed E-state index contributed by atoms with van der Waals surface area (Å²) in [7, 11) is 0. The quantitative estimate of drug-likeness (QED) is 0.169. The van der Waals surface area contributed by atoms with Crippen LogP contribution >= 0.6 is 11.8 Å². The van der Waals surface area contributed by atoms with Crippen LogP contribution < -0.4 is 5.32 Å². The first-order valence-corrected chi connectivity index (χ1v) is 16.2. The lowest BCUT2D eigenvalue weighted by molar-refractivity contribution is -0.169. The van der Waals surface area contributed by atoms with Crippen molar-refractivity contribution in [2.75, 3.05) is 5.32 Å². The number of anilines is 1. The van der Waals surface area contributed by atoms with E-state index in [-0.39, 0.29) is 53.1 Å². The van der Waals surface area contributed by atoms with Crippen molar-refractivity contribution in [2.24, 2.45) is 22.7 Å². The van der Waals surface area contributed by atoms with Gasteiger partial charge in [0.2, 0.25) is 5.91 Å². The maximum atomic E-state index is 14.6. The molecule has 0 radical (unpaired) electrons. The molecule has 3 aromatic carbocycles. The molecule has 2 saturated heterocycles. The number of aromatic carboxylic acids is 1. The van der Waals surface area contributed by atoms with Crippen LogP contribution in [-0.2, 0) is 14.3 Å². The van der Waals surface area contributed by atoms with Gasteiger partial charge in [0.1, 0.15) is 22.7 Å². The first-order valence-electron chi connectivity index (χ1n) is 15.4. The lowest BCUT2D eigenvalue weighted by atomic mass is 9.51. The molecule has 8 rings (SSSR count). The Labute approximate surface area is 270 Å². The molecule has 1 spiro atoms. The second-order valence-corrected chi connectivity index (χ2v) is 14.8. The molecule has 4 bridgehead atoms. The van der Waals surface area contributed by atoms with Gasteiger partial charge in [-0.25, -0.2) is 4.79 Å². The number of carboxylic acids is 1. The number of hydrogen-bond donors (Lipinski definition) is 5. The van der Waals surface area contributed by atoms with Crippen LogP contribution in [0, 0.1) is 22.7 Å². The number of amides is 1. The summed E-state index contributed by atoms with van der Waals surface area (Å²) in [6, 6.07) is 17.0. The fourth-order valence-electron chi connectivity index (χ4n) is 8.84. The highest BCUT2D eigenvalue weighted by Crippen LogP contribution is 2.72. The van der Waals surface area contributed by atoms with E-state index in [0.717, 1.165) is 47.4 Å². The SMILES string of the molecule is C[C@]12C[C@@]34C=C(Sc5cccc(-c6cccc(O)c6)c5)C(=O)[C@@](C)(CCC(=O)Nc5c(O)ccc(C(=O)O)c5O)[C@@H]3[C@H](C[C@@H]1C4)O2. The molecule has 238 valence electrons. The van der Waals surface area contributed by atoms with Crippen LogP contribution in [0.3, 0.4) is 0 Å². The molecular weight excluding hydrogens is 606 g/mol. The molecule has 2 aliphatic heterocycles. The predicted molar refractivity (Wildman–Crippen MR) is 172 cm³/mol. The number of Topliss-reactive ketones (excluding diaryl/α,β-unsaturated/α-hetero) is 1. The largest absolute Gasteiger partial charge is 0.508 e. The summed E-state index contributed by atoms with van der Waals surface area (Å²) in [5.74, 6) is -2.75. The van der Waals surface area contributed by atoms with Gasteiger partial charge in [0, 0.05) is 22.6 Å². The Kier molecular flexibility index (Phi) is 7.02. The third-order valence-electron chi connectivity index (χ3n) is 10.7. The van der Waals surface area contributed by atoms with Crippen LogP contribution in [0.2, 0.25) is 0 Å². The molecule has 4 fully saturated rings. The fourth-order valence-corrected chi connectivity index (χ4v) is 10.0. The van der Waals surface area contributed by atoms with E-state index in [1.165, 1.54) is 11.8 Å². The Morgan fingerprint density at radius 3 is 2.48 bits per heavy atom. The number of ketones is 1. The van der Waals surface area contributed by atoms with Crippen LogP contribution in [0.25, 0.3) is 11.1 Å². The number of carbonyl (C=O) groups is 3. The highest BCUT2D eigenvalue weighted by molar-refractivity contribution is 8.04. The number of benzene rings is 3. The molecule has 5 N–H and O–H groups in total. The zero-order chi connectivity index (χ0) is 32.6. The molecule has 2 saturated carbocycles. The molecule has 5 aliphatic rings. The number of rotatable bonds is 8. The van der Waals surface area contributed by atoms with Gasteiger partial charge < -0.3 is 30.5 Å². The average molecular weight is 642 g/mol. The van der Waals surface area contributed by atoms with Crippen LogP contribution in [0.5, 0.6) is 17.2 Å². The van der Waals surface area contributed by atoms with Crippen molar-refractivity contribution in [1.29, 1.82) is 0 Å². The Balaban J connectivity index is 1.19. The van der Waals surface area contributed by atoms with E-state index in [1.54, 1.807) is 18.2 Å². The number of phenols is 3. The van der Waals surface area contributed by atoms with Crippen molar-refractivity contribution in [2.45, 2.75) is 62.6 Å². The van der Waals surface area contributed by atoms with E-state index >= 15 is 0 Å². The van der Waals surface area contributed by atoms with Crippen molar-refractivity contribution in [3.8, 4) is 28.4 Å². The van der Waals surface area contributed by atoms with E-state index in [0.29, 0.717) is 10.8 Å². The van der Waals surface area contributed by atoms with Gasteiger partial charge in [-0.15, -0.1) is 0 Å². The van der Waals surface area contributed by atoms with Gasteiger partial charge in [0.25, 0.3) is 0 Å². The predicted octanol–water partition coefficient (Wildman–Crippen LogP) is 6.73. The number of phenolic OH excluding ortho intramolecular Hbond substituents is 2. The summed E-state index contributed by atoms with van der Waals surface area (Å²) in [4.78, 5) is 40.8. The zero-order valence-corrected chi connectivity index (χ0v) is 26.3. The fraction of sp³-hybridized carbons (Fsp3) is 0.361. The molecule has 0 aromatic heterocycles. The van der Waals surface area contributed by atoms with Crippen molar-refractivity contribution >= 4 is 35.1 Å². The van der Waals surface area contributed by atoms with E-state index in [2.05, 4.69) is 18.3 Å². The Morgan fingerprint density at radius 2 is 1.76 bits per heavy atom. The molecule has 0 unspecified atom stereocenters. The first-order chi connectivity index (χ1) is 21.8. The molecule has 9 nitrogen and oxygen atoms in total. The van der Waals surface area contributed by atoms with Crippen molar-refractivity contribution in [3.63, 3.8) is 0 Å². The molecular formula is C36H35NO8S. The molecule has 10 heteroatoms. The second-order valence-electron chi connectivity index (χ2n) is 13.6. The Bertz CT molecular complexity index is 1840. The van der Waals surface area contributed by atoms with E-state index in [1.807, 2.05) is 37.3 Å². The molecule has 3 aromatic rings. The second kappa shape index (κ2) is 10.6. The third kappa shape index (κ3) is 4.77. The number of carboxylic acid groups (broad SMARTS) is 1. The van der Waals surface area contributed by atoms with E-state index in [9.17, 15) is 34.8 Å². The molecule has 46 heavy (non-hydrogen) atoms. The topological polar surface area (TPSA) is 153 Å². The highest BCUT2D eigenvalue weighted by Gasteiger charge is 2.72. The number of allylic oxidation sites excluding steroid dienone is 2. The minimum absolute atomic E-state index is 0.0511. The van der Waals surface area contributed by atoms with E-state index < -0.39 is 34.4 Å². The molecule has 2 heterocycles. The van der Waals surface area contributed by atoms with Crippen LogP contribution in [0.4, 0.5) is 5.69 Å². The smallest absolute Gasteiger partial charge is 0.339 e. The average Bonchev–Trinajstić information content (AvgIpc) is 3.37. The van der Waals surface area contributed by atoms with Crippen LogP contribution in [0.15, 0.2) is 76.5 Å². The van der Waals surface area contributed by atoms with Gasteiger partial charge in [-0.05, 0) is 91.5 Å². The van der Waals surface area contributed by atoms with Crippen molar-refractivity contribution < 1.29 is 39.5 Å². The number of thioether (sulfide) groups is 1. The summed E-state index contributed by atoms with van der Waals surface area (Å²) >= 11 is 1.42. The van der Waals surface area contributed by atoms with Crippen molar-refractivity contribution in [1.82, 2.24) is 0 Å². The number of hydrogen-bond acceptors (Lipinski definition) is 8. The lowest BCUT2D eigenvalue weighted by Crippen LogP contribution is -2.57. The van der Waals surface area contributed by atoms with Gasteiger partial charge in [0.15, 0.2) is 11.5 Å². The summed E-state index contributed by atoms with van der Waals surface area (Å²) in [5.41, 5.74) is -0.484. The highest BCUT2D eigenvalue weighted by atomic mass is 32.2. The normalized spacial score (nSPS) is 30.6. The maximum Gasteiger partial charge on any atom is 0.339 e. The Morgan fingerprint density at radius 1 is 1.02 bits per heavy atom. The number of ether oxygens (including phenoxy) is 1. The number of aromatic hydroxyl groups is 3. The van der Waals surface area contributed by atoms with Gasteiger partial charge in [-0.2, -0.15) is 0 Å². The minimum atomic E-state index is -1.40. The minimum Gasteiger partial charge on any atom is -0.508 e. The van der Waals surface area contributed by atoms with Crippen LogP contribution in [-0.4, -0.2) is 49.8 Å². The van der Waals surface area contributed by atoms with E-state index in [4.69, 9.17) is 4.74 Å². The van der Waals surface area contributed by atoms with Gasteiger partial charge >= 0.3 is 5.97 Å². The van der Waals surface area contributed by atoms with Gasteiger partial charge in [0.05, 0.1) is 16.6 Å². The Hall–Kier alpha value is -4.28. The number of nitrogens with one attached hydrogen (secondary N) is 1. The zero-order valence-electron chi connectivity index (χ0n) is 25.4. The molecule has 3 aliphatic carbocycles. The standard InChI is InChI=1S/C36H35NO8S/c1-34(12-11-28(40)37-29-25(39)10-9-24(30(29)41)33(43)44)31-26-15-21-16-36(31,18-35(21,2)45-26)17-27(32(34)42)46-23-8-4-6-20(14-23)19-5-3-7-22(38)13-19/h3-10,13-14,17,21,26,31,38-39,41H,11-12,15-16,18H2,1-2H3,(H,37,40)(H,43,44)/t21-,26+,31+,34+,35+,36-/m1/s1. The summed E-state index contributed by atoms with van der Waals surface area (Å²) in [6.07, 6.45) is 4.79. The summed E-state index contributed by atoms with van der Waals surface area (Å²) in [6.45, 7) is 4.11. The van der Waals surface area contributed by atoms with Gasteiger partial charge in [-0.3, -0.25) is 9.59 Å². The molecule has 1 amide bonds. The molecule has 6 atom stereocenters. The third-order valence-corrected chi connectivity index (χ3v) is 11.7. The lowest BCUT2D eigenvalue weighted by Gasteiger charge is -2.56. The maximum absolute atomic E-state index is 14.6. The first kappa shape index (κ1) is 30.4. The number of carbonyl (C=O) groups excluding carboxylic acids is 2. The van der Waals surface area contributed by atoms with Crippen molar-refractivity contribution in [3.05, 3.63) is 77.2 Å². The monoisotopic (exact) mass is 641 g/mol. The van der Waals surface area contributed by atoms with Gasteiger partial charge in [-0.1, -0.05) is 49.0 Å².